The van der Waals surface area contributed by atoms with Crippen LogP contribution >= 0.6 is 0 Å². The van der Waals surface area contributed by atoms with E-state index >= 15 is 0 Å². The van der Waals surface area contributed by atoms with Crippen LogP contribution in [0, 0.1) is 6.92 Å². The van der Waals surface area contributed by atoms with Gasteiger partial charge in [-0.1, -0.05) is 5.16 Å². The molecule has 0 aliphatic rings. The number of fused-ring (bicyclic) bond motifs is 1. The van der Waals surface area contributed by atoms with E-state index in [1.165, 1.54) is 0 Å². The van der Waals surface area contributed by atoms with Crippen LogP contribution in [0.5, 0.6) is 5.75 Å². The molecule has 0 aliphatic carbocycles. The summed E-state index contributed by atoms with van der Waals surface area (Å²) in [4.78, 5) is 11.2. The van der Waals surface area contributed by atoms with Gasteiger partial charge in [0.15, 0.2) is 12.4 Å². The van der Waals surface area contributed by atoms with E-state index in [4.69, 9.17) is 9.26 Å². The van der Waals surface area contributed by atoms with Gasteiger partial charge in [0.25, 0.3) is 5.89 Å². The highest BCUT2D eigenvalue weighted by atomic mass is 16.5. The molecular formula is C11H10N4O2. The molecule has 0 radical (unpaired) electrons. The Hall–Kier alpha value is -2.37. The molecule has 0 aliphatic heterocycles. The van der Waals surface area contributed by atoms with E-state index < -0.39 is 0 Å². The lowest BCUT2D eigenvalue weighted by Gasteiger charge is -2.02. The van der Waals surface area contributed by atoms with Crippen molar-refractivity contribution in [1.82, 2.24) is 20.1 Å². The number of benzene rings is 1. The van der Waals surface area contributed by atoms with Gasteiger partial charge in [-0.25, -0.2) is 4.98 Å². The lowest BCUT2D eigenvalue weighted by Crippen LogP contribution is -1.95. The zero-order valence-electron chi connectivity index (χ0n) is 9.17. The van der Waals surface area contributed by atoms with Crippen LogP contribution in [-0.2, 0) is 6.61 Å². The van der Waals surface area contributed by atoms with Crippen molar-refractivity contribution in [2.45, 2.75) is 13.5 Å². The SMILES string of the molecule is Cc1noc(COc2ccc3nc[nH]c3c2)n1. The van der Waals surface area contributed by atoms with Gasteiger partial charge in [-0.2, -0.15) is 4.98 Å². The maximum atomic E-state index is 5.54. The first kappa shape index (κ1) is 9.83. The summed E-state index contributed by atoms with van der Waals surface area (Å²) >= 11 is 0. The molecule has 17 heavy (non-hydrogen) atoms. The molecule has 0 bridgehead atoms. The van der Waals surface area contributed by atoms with E-state index in [9.17, 15) is 0 Å². The van der Waals surface area contributed by atoms with Gasteiger partial charge in [0.1, 0.15) is 5.75 Å². The van der Waals surface area contributed by atoms with Crippen molar-refractivity contribution >= 4 is 11.0 Å². The standard InChI is InChI=1S/C11H10N4O2/c1-7-14-11(17-15-7)5-16-8-2-3-9-10(4-8)13-6-12-9/h2-4,6H,5H2,1H3,(H,12,13). The number of aromatic amines is 1. The lowest BCUT2D eigenvalue weighted by molar-refractivity contribution is 0.243. The molecule has 0 spiro atoms. The fraction of sp³-hybridized carbons (Fsp3) is 0.182. The van der Waals surface area contributed by atoms with Gasteiger partial charge in [0.05, 0.1) is 17.4 Å². The number of hydrogen-bond acceptors (Lipinski definition) is 5. The molecule has 0 atom stereocenters. The summed E-state index contributed by atoms with van der Waals surface area (Å²) in [6.45, 7) is 2.03. The van der Waals surface area contributed by atoms with Gasteiger partial charge in [-0.15, -0.1) is 0 Å². The van der Waals surface area contributed by atoms with Crippen molar-refractivity contribution in [1.29, 1.82) is 0 Å². The summed E-state index contributed by atoms with van der Waals surface area (Å²) in [7, 11) is 0. The quantitative estimate of drug-likeness (QED) is 0.742. The van der Waals surface area contributed by atoms with Gasteiger partial charge in [-0.05, 0) is 19.1 Å². The van der Waals surface area contributed by atoms with Crippen molar-refractivity contribution < 1.29 is 9.26 Å². The molecule has 86 valence electrons. The maximum Gasteiger partial charge on any atom is 0.264 e. The molecule has 0 saturated heterocycles. The minimum Gasteiger partial charge on any atom is -0.484 e. The fourth-order valence-electron chi connectivity index (χ4n) is 1.55. The molecule has 3 rings (SSSR count). The van der Waals surface area contributed by atoms with Crippen LogP contribution in [0.15, 0.2) is 29.0 Å². The van der Waals surface area contributed by atoms with Gasteiger partial charge in [0.2, 0.25) is 0 Å². The highest BCUT2D eigenvalue weighted by molar-refractivity contribution is 5.75. The van der Waals surface area contributed by atoms with E-state index in [0.717, 1.165) is 16.8 Å². The number of H-pyrrole nitrogens is 1. The number of ether oxygens (including phenoxy) is 1. The van der Waals surface area contributed by atoms with E-state index in [0.29, 0.717) is 11.7 Å². The summed E-state index contributed by atoms with van der Waals surface area (Å²) in [6, 6.07) is 5.62. The number of nitrogens with zero attached hydrogens (tertiary/aromatic N) is 3. The number of hydrogen-bond donors (Lipinski definition) is 1. The second-order valence-electron chi connectivity index (χ2n) is 3.61. The third-order valence-corrected chi connectivity index (χ3v) is 2.32. The molecule has 3 aromatic rings. The topological polar surface area (TPSA) is 76.8 Å². The van der Waals surface area contributed by atoms with Gasteiger partial charge < -0.3 is 14.2 Å². The van der Waals surface area contributed by atoms with Crippen LogP contribution < -0.4 is 4.74 Å². The summed E-state index contributed by atoms with van der Waals surface area (Å²) in [5.74, 6) is 1.80. The van der Waals surface area contributed by atoms with E-state index in [2.05, 4.69) is 20.1 Å². The number of rotatable bonds is 3. The average molecular weight is 230 g/mol. The summed E-state index contributed by atoms with van der Waals surface area (Å²) in [6.07, 6.45) is 1.65. The number of aryl methyl sites for hydroxylation is 1. The predicted octanol–water partition coefficient (Wildman–Crippen LogP) is 1.83. The van der Waals surface area contributed by atoms with Crippen molar-refractivity contribution in [3.8, 4) is 5.75 Å². The molecule has 0 saturated carbocycles. The monoisotopic (exact) mass is 230 g/mol. The Balaban J connectivity index is 1.76. The van der Waals surface area contributed by atoms with Crippen molar-refractivity contribution in [2.24, 2.45) is 0 Å². The smallest absolute Gasteiger partial charge is 0.264 e. The first-order valence-corrected chi connectivity index (χ1v) is 5.16. The molecule has 2 aromatic heterocycles. The van der Waals surface area contributed by atoms with Gasteiger partial charge >= 0.3 is 0 Å². The Morgan fingerprint density at radius 2 is 2.35 bits per heavy atom. The van der Waals surface area contributed by atoms with Crippen LogP contribution in [-0.4, -0.2) is 20.1 Å². The van der Waals surface area contributed by atoms with Gasteiger partial charge in [-0.3, -0.25) is 0 Å². The zero-order chi connectivity index (χ0) is 11.7. The average Bonchev–Trinajstić information content (AvgIpc) is 2.94. The first-order chi connectivity index (χ1) is 8.31. The highest BCUT2D eigenvalue weighted by Gasteiger charge is 2.04. The normalized spacial score (nSPS) is 10.9. The Labute approximate surface area is 96.6 Å². The molecule has 0 unspecified atom stereocenters. The number of aromatic nitrogens is 4. The highest BCUT2D eigenvalue weighted by Crippen LogP contribution is 2.18. The van der Waals surface area contributed by atoms with Crippen LogP contribution in [0.1, 0.15) is 11.7 Å². The summed E-state index contributed by atoms with van der Waals surface area (Å²) in [5, 5.41) is 3.69. The van der Waals surface area contributed by atoms with E-state index in [1.54, 1.807) is 13.3 Å². The molecule has 0 fully saturated rings. The molecule has 1 N–H and O–H groups in total. The third kappa shape index (κ3) is 1.96. The first-order valence-electron chi connectivity index (χ1n) is 5.16. The predicted molar refractivity (Wildman–Crippen MR) is 59.5 cm³/mol. The fourth-order valence-corrected chi connectivity index (χ4v) is 1.55. The Kier molecular flexibility index (Phi) is 2.25. The van der Waals surface area contributed by atoms with Gasteiger partial charge in [0, 0.05) is 6.07 Å². The van der Waals surface area contributed by atoms with Crippen molar-refractivity contribution in [3.63, 3.8) is 0 Å². The third-order valence-electron chi connectivity index (χ3n) is 2.32. The summed E-state index contributed by atoms with van der Waals surface area (Å²) in [5.41, 5.74) is 1.84. The minimum atomic E-state index is 0.264. The molecule has 6 heteroatoms. The lowest BCUT2D eigenvalue weighted by atomic mass is 10.3. The maximum absolute atomic E-state index is 5.54. The molecule has 0 amide bonds. The van der Waals surface area contributed by atoms with Crippen LogP contribution in [0.25, 0.3) is 11.0 Å². The van der Waals surface area contributed by atoms with E-state index in [1.807, 2.05) is 18.2 Å². The van der Waals surface area contributed by atoms with Crippen LogP contribution in [0.3, 0.4) is 0 Å². The molecule has 1 aromatic carbocycles. The minimum absolute atomic E-state index is 0.264. The Morgan fingerprint density at radius 3 is 3.18 bits per heavy atom. The Morgan fingerprint density at radius 1 is 1.41 bits per heavy atom. The number of nitrogens with one attached hydrogen (secondary N) is 1. The zero-order valence-corrected chi connectivity index (χ0v) is 9.17. The largest absolute Gasteiger partial charge is 0.484 e. The van der Waals surface area contributed by atoms with E-state index in [-0.39, 0.29) is 6.61 Å². The number of imidazole rings is 1. The molecule has 2 heterocycles. The van der Waals surface area contributed by atoms with Crippen molar-refractivity contribution in [3.05, 3.63) is 36.2 Å². The second-order valence-corrected chi connectivity index (χ2v) is 3.61. The second kappa shape index (κ2) is 3.89. The van der Waals surface area contributed by atoms with Crippen molar-refractivity contribution in [2.75, 3.05) is 0 Å². The molecular weight excluding hydrogens is 220 g/mol. The van der Waals surface area contributed by atoms with Crippen LogP contribution in [0.4, 0.5) is 0 Å². The Bertz CT molecular complexity index is 644. The molecule has 6 nitrogen and oxygen atoms in total. The summed E-state index contributed by atoms with van der Waals surface area (Å²) < 4.78 is 10.5. The van der Waals surface area contributed by atoms with Crippen LogP contribution in [0.2, 0.25) is 0 Å².